The van der Waals surface area contributed by atoms with E-state index in [1.807, 2.05) is 0 Å². The topological polar surface area (TPSA) is 102 Å². The van der Waals surface area contributed by atoms with E-state index in [9.17, 15) is 4.79 Å². The molecule has 0 saturated carbocycles. The molecule has 0 aliphatic rings. The third-order valence-electron chi connectivity index (χ3n) is 3.14. The van der Waals surface area contributed by atoms with Crippen LogP contribution in [0.4, 0.5) is 17.5 Å². The number of methoxy groups -OCH3 is 1. The maximum absolute atomic E-state index is 12.1. The lowest BCUT2D eigenvalue weighted by Gasteiger charge is -2.06. The molecule has 0 spiro atoms. The Morgan fingerprint density at radius 1 is 1.04 bits per heavy atom. The van der Waals surface area contributed by atoms with Crippen LogP contribution in [0.15, 0.2) is 47.0 Å². The van der Waals surface area contributed by atoms with Crippen molar-refractivity contribution in [2.45, 2.75) is 6.92 Å². The van der Waals surface area contributed by atoms with Crippen LogP contribution in [-0.2, 0) is 0 Å². The molecular weight excluding hydrogens is 310 g/mol. The number of hydrogen-bond acceptors (Lipinski definition) is 7. The fourth-order valence-electron chi connectivity index (χ4n) is 1.95. The van der Waals surface area contributed by atoms with Gasteiger partial charge < -0.3 is 19.9 Å². The first-order valence-corrected chi connectivity index (χ1v) is 7.13. The number of nitrogens with one attached hydrogen (secondary N) is 2. The first kappa shape index (κ1) is 15.5. The summed E-state index contributed by atoms with van der Waals surface area (Å²) in [5.41, 5.74) is 0.498. The molecular formula is C16H15N5O3. The van der Waals surface area contributed by atoms with Gasteiger partial charge in [0.05, 0.1) is 7.11 Å². The van der Waals surface area contributed by atoms with E-state index < -0.39 is 0 Å². The van der Waals surface area contributed by atoms with Gasteiger partial charge in [-0.15, -0.1) is 10.2 Å². The second kappa shape index (κ2) is 6.78. The SMILES string of the molecule is COc1ccc(C(=O)Nc2ccc(Nc3cc(C)on3)nn2)cc1. The van der Waals surface area contributed by atoms with Crippen molar-refractivity contribution >= 4 is 23.4 Å². The van der Waals surface area contributed by atoms with Crippen LogP contribution in [0.2, 0.25) is 0 Å². The number of amides is 1. The summed E-state index contributed by atoms with van der Waals surface area (Å²) in [7, 11) is 1.57. The number of aromatic nitrogens is 3. The molecule has 0 aliphatic carbocycles. The molecule has 122 valence electrons. The smallest absolute Gasteiger partial charge is 0.256 e. The summed E-state index contributed by atoms with van der Waals surface area (Å²) in [5.74, 6) is 2.47. The molecule has 3 rings (SSSR count). The molecule has 0 unspecified atom stereocenters. The van der Waals surface area contributed by atoms with Crippen molar-refractivity contribution in [1.29, 1.82) is 0 Å². The first-order chi connectivity index (χ1) is 11.6. The van der Waals surface area contributed by atoms with Crippen LogP contribution >= 0.6 is 0 Å². The Kier molecular flexibility index (Phi) is 4.37. The van der Waals surface area contributed by atoms with E-state index >= 15 is 0 Å². The highest BCUT2D eigenvalue weighted by molar-refractivity contribution is 6.03. The highest BCUT2D eigenvalue weighted by Crippen LogP contribution is 2.15. The lowest BCUT2D eigenvalue weighted by Crippen LogP contribution is -2.13. The highest BCUT2D eigenvalue weighted by Gasteiger charge is 2.08. The number of carbonyl (C=O) groups is 1. The van der Waals surface area contributed by atoms with E-state index in [-0.39, 0.29) is 5.91 Å². The molecule has 0 radical (unpaired) electrons. The Balaban J connectivity index is 1.63. The van der Waals surface area contributed by atoms with Crippen LogP contribution in [-0.4, -0.2) is 28.4 Å². The van der Waals surface area contributed by atoms with Crippen LogP contribution in [0.25, 0.3) is 0 Å². The molecule has 0 atom stereocenters. The maximum atomic E-state index is 12.1. The average molecular weight is 325 g/mol. The summed E-state index contributed by atoms with van der Waals surface area (Å²) in [4.78, 5) is 12.1. The Hall–Kier alpha value is -3.42. The van der Waals surface area contributed by atoms with E-state index in [4.69, 9.17) is 9.26 Å². The second-order valence-electron chi connectivity index (χ2n) is 4.93. The van der Waals surface area contributed by atoms with E-state index in [1.54, 1.807) is 56.5 Å². The predicted octanol–water partition coefficient (Wildman–Crippen LogP) is 2.78. The molecule has 0 fully saturated rings. The first-order valence-electron chi connectivity index (χ1n) is 7.13. The van der Waals surface area contributed by atoms with Crippen LogP contribution in [0.3, 0.4) is 0 Å². The Morgan fingerprint density at radius 2 is 1.75 bits per heavy atom. The number of carbonyl (C=O) groups excluding carboxylic acids is 1. The van der Waals surface area contributed by atoms with Crippen molar-refractivity contribution in [1.82, 2.24) is 15.4 Å². The number of benzene rings is 1. The van der Waals surface area contributed by atoms with Gasteiger partial charge in [-0.25, -0.2) is 0 Å². The number of rotatable bonds is 5. The van der Waals surface area contributed by atoms with Gasteiger partial charge in [-0.05, 0) is 43.3 Å². The summed E-state index contributed by atoms with van der Waals surface area (Å²) < 4.78 is 10.0. The van der Waals surface area contributed by atoms with Gasteiger partial charge >= 0.3 is 0 Å². The van der Waals surface area contributed by atoms with E-state index in [1.165, 1.54) is 0 Å². The predicted molar refractivity (Wildman–Crippen MR) is 87.5 cm³/mol. The van der Waals surface area contributed by atoms with E-state index in [0.717, 1.165) is 0 Å². The Morgan fingerprint density at radius 3 is 2.33 bits per heavy atom. The van der Waals surface area contributed by atoms with Gasteiger partial charge in [-0.3, -0.25) is 4.79 Å². The number of ether oxygens (including phenoxy) is 1. The standard InChI is InChI=1S/C16H15N5O3/c1-10-9-15(21-24-10)17-13-7-8-14(20-19-13)18-16(22)11-3-5-12(23-2)6-4-11/h3-9H,1-2H3,(H,17,19,21)(H,18,20,22). The van der Waals surface area contributed by atoms with Gasteiger partial charge in [0.1, 0.15) is 11.5 Å². The van der Waals surface area contributed by atoms with Gasteiger partial charge in [0.2, 0.25) is 0 Å². The van der Waals surface area contributed by atoms with Crippen LogP contribution in [0.1, 0.15) is 16.1 Å². The summed E-state index contributed by atoms with van der Waals surface area (Å²) in [5, 5.41) is 17.4. The minimum absolute atomic E-state index is 0.278. The zero-order valence-electron chi connectivity index (χ0n) is 13.1. The molecule has 2 N–H and O–H groups in total. The van der Waals surface area contributed by atoms with Gasteiger partial charge in [0.25, 0.3) is 5.91 Å². The molecule has 0 saturated heterocycles. The van der Waals surface area contributed by atoms with Gasteiger partial charge in [-0.1, -0.05) is 5.16 Å². The second-order valence-corrected chi connectivity index (χ2v) is 4.93. The minimum atomic E-state index is -0.278. The maximum Gasteiger partial charge on any atom is 0.256 e. The summed E-state index contributed by atoms with van der Waals surface area (Å²) >= 11 is 0. The fourth-order valence-corrected chi connectivity index (χ4v) is 1.95. The largest absolute Gasteiger partial charge is 0.497 e. The highest BCUT2D eigenvalue weighted by atomic mass is 16.5. The third kappa shape index (κ3) is 3.67. The molecule has 8 heteroatoms. The monoisotopic (exact) mass is 325 g/mol. The number of nitrogens with zero attached hydrogens (tertiary/aromatic N) is 3. The van der Waals surface area contributed by atoms with E-state index in [2.05, 4.69) is 26.0 Å². The third-order valence-corrected chi connectivity index (χ3v) is 3.14. The zero-order valence-corrected chi connectivity index (χ0v) is 13.1. The van der Waals surface area contributed by atoms with Gasteiger partial charge in [-0.2, -0.15) is 0 Å². The lowest BCUT2D eigenvalue weighted by atomic mass is 10.2. The summed E-state index contributed by atoms with van der Waals surface area (Å²) in [6.45, 7) is 1.79. The molecule has 2 heterocycles. The van der Waals surface area contributed by atoms with Crippen molar-refractivity contribution in [3.05, 3.63) is 53.8 Å². The molecule has 24 heavy (non-hydrogen) atoms. The molecule has 0 aliphatic heterocycles. The summed E-state index contributed by atoms with van der Waals surface area (Å²) in [6.07, 6.45) is 0. The van der Waals surface area contributed by atoms with Crippen molar-refractivity contribution in [2.75, 3.05) is 17.7 Å². The quantitative estimate of drug-likeness (QED) is 0.743. The van der Waals surface area contributed by atoms with Gasteiger partial charge in [0, 0.05) is 11.6 Å². The Bertz CT molecular complexity index is 828. The van der Waals surface area contributed by atoms with Crippen molar-refractivity contribution in [3.63, 3.8) is 0 Å². The fraction of sp³-hybridized carbons (Fsp3) is 0.125. The molecule has 2 aromatic heterocycles. The van der Waals surface area contributed by atoms with E-state index in [0.29, 0.717) is 34.5 Å². The normalized spacial score (nSPS) is 10.2. The van der Waals surface area contributed by atoms with Crippen molar-refractivity contribution < 1.29 is 14.1 Å². The Labute approximate surface area is 137 Å². The number of anilines is 3. The molecule has 3 aromatic rings. The average Bonchev–Trinajstić information content (AvgIpc) is 3.01. The zero-order chi connectivity index (χ0) is 16.9. The van der Waals surface area contributed by atoms with Crippen molar-refractivity contribution in [3.8, 4) is 5.75 Å². The summed E-state index contributed by atoms with van der Waals surface area (Å²) in [6, 6.07) is 11.8. The molecule has 0 bridgehead atoms. The number of aryl methyl sites for hydroxylation is 1. The molecule has 1 amide bonds. The van der Waals surface area contributed by atoms with Crippen LogP contribution in [0, 0.1) is 6.92 Å². The molecule has 1 aromatic carbocycles. The number of hydrogen-bond donors (Lipinski definition) is 2. The van der Waals surface area contributed by atoms with Crippen LogP contribution in [0.5, 0.6) is 5.75 Å². The van der Waals surface area contributed by atoms with Crippen LogP contribution < -0.4 is 15.4 Å². The minimum Gasteiger partial charge on any atom is -0.497 e. The molecule has 8 nitrogen and oxygen atoms in total. The lowest BCUT2D eigenvalue weighted by molar-refractivity contribution is 0.102. The van der Waals surface area contributed by atoms with Gasteiger partial charge in [0.15, 0.2) is 17.5 Å². The van der Waals surface area contributed by atoms with Crippen molar-refractivity contribution in [2.24, 2.45) is 0 Å².